The summed E-state index contributed by atoms with van der Waals surface area (Å²) >= 11 is 0. The van der Waals surface area contributed by atoms with Crippen LogP contribution in [0.2, 0.25) is 0 Å². The fourth-order valence-electron chi connectivity index (χ4n) is 4.11. The first kappa shape index (κ1) is 24.6. The number of nitrogens with one attached hydrogen (secondary N) is 1. The predicted molar refractivity (Wildman–Crippen MR) is 139 cm³/mol. The van der Waals surface area contributed by atoms with Crippen LogP contribution in [0.1, 0.15) is 31.8 Å². The van der Waals surface area contributed by atoms with E-state index in [0.717, 1.165) is 33.3 Å². The summed E-state index contributed by atoms with van der Waals surface area (Å²) in [5.41, 5.74) is 3.42. The van der Waals surface area contributed by atoms with Crippen LogP contribution in [-0.4, -0.2) is 40.4 Å². The van der Waals surface area contributed by atoms with Crippen LogP contribution in [0.25, 0.3) is 10.8 Å². The number of rotatable bonds is 8. The second kappa shape index (κ2) is 10.8. The summed E-state index contributed by atoms with van der Waals surface area (Å²) in [4.78, 5) is 25.6. The molecule has 0 heterocycles. The Kier molecular flexibility index (Phi) is 7.39. The van der Waals surface area contributed by atoms with Gasteiger partial charge in [-0.15, -0.1) is 0 Å². The van der Waals surface area contributed by atoms with Crippen molar-refractivity contribution in [2.45, 2.75) is 6.42 Å². The van der Waals surface area contributed by atoms with Gasteiger partial charge in [-0.2, -0.15) is 0 Å². The van der Waals surface area contributed by atoms with Gasteiger partial charge in [0.1, 0.15) is 11.5 Å². The molecule has 184 valence electrons. The van der Waals surface area contributed by atoms with Crippen molar-refractivity contribution in [2.75, 3.05) is 33.8 Å². The number of benzene rings is 4. The molecule has 0 aliphatic carbocycles. The van der Waals surface area contributed by atoms with Crippen LogP contribution in [0.15, 0.2) is 72.8 Å². The summed E-state index contributed by atoms with van der Waals surface area (Å²) in [6.07, 6.45) is 0.610. The summed E-state index contributed by atoms with van der Waals surface area (Å²) < 4.78 is 20.8. The van der Waals surface area contributed by atoms with Crippen molar-refractivity contribution < 1.29 is 28.5 Å². The molecule has 0 saturated carbocycles. The van der Waals surface area contributed by atoms with Crippen LogP contribution in [0.4, 0.5) is 11.4 Å². The number of anilines is 2. The minimum Gasteiger partial charge on any atom is -0.497 e. The highest BCUT2D eigenvalue weighted by Gasteiger charge is 2.25. The molecule has 4 aromatic carbocycles. The Morgan fingerprint density at radius 1 is 0.750 bits per heavy atom. The lowest BCUT2D eigenvalue weighted by Gasteiger charge is -2.19. The molecule has 0 aliphatic heterocycles. The first-order chi connectivity index (χ1) is 17.5. The zero-order valence-corrected chi connectivity index (χ0v) is 20.6. The third kappa shape index (κ3) is 4.95. The van der Waals surface area contributed by atoms with Gasteiger partial charge in [-0.05, 0) is 47.2 Å². The number of esters is 2. The van der Waals surface area contributed by atoms with Crippen LogP contribution < -0.4 is 14.8 Å². The second-order valence-electron chi connectivity index (χ2n) is 8.05. The van der Waals surface area contributed by atoms with Gasteiger partial charge < -0.3 is 24.3 Å². The standard InChI is InChI=1S/C29H27NO6/c1-33-21-12-9-18(10-13-21)15-20-11-14-22(34-2)17-25(20)30-27-23-8-6-5-7-19(23)16-24(28(31)35-3)26(27)29(32)36-4/h5-14,16-17,30H,15H2,1-4H3. The largest absolute Gasteiger partial charge is 0.497 e. The van der Waals surface area contributed by atoms with Gasteiger partial charge in [-0.1, -0.05) is 42.5 Å². The number of carbonyl (C=O) groups excluding carboxylic acids is 2. The van der Waals surface area contributed by atoms with Gasteiger partial charge >= 0.3 is 11.9 Å². The van der Waals surface area contributed by atoms with Crippen molar-refractivity contribution in [3.8, 4) is 11.5 Å². The quantitative estimate of drug-likeness (QED) is 0.318. The van der Waals surface area contributed by atoms with Crippen molar-refractivity contribution in [3.63, 3.8) is 0 Å². The van der Waals surface area contributed by atoms with Gasteiger partial charge in [0.15, 0.2) is 0 Å². The normalized spacial score (nSPS) is 10.6. The Morgan fingerprint density at radius 3 is 2.08 bits per heavy atom. The van der Waals surface area contributed by atoms with E-state index in [4.69, 9.17) is 18.9 Å². The Hall–Kier alpha value is -4.52. The zero-order valence-electron chi connectivity index (χ0n) is 20.6. The lowest BCUT2D eigenvalue weighted by atomic mass is 9.96. The smallest absolute Gasteiger partial charge is 0.340 e. The minimum atomic E-state index is -0.650. The molecule has 4 rings (SSSR count). The maximum absolute atomic E-state index is 13.0. The molecule has 7 nitrogen and oxygen atoms in total. The number of hydrogen-bond donors (Lipinski definition) is 1. The topological polar surface area (TPSA) is 83.1 Å². The Morgan fingerprint density at radius 2 is 1.42 bits per heavy atom. The first-order valence-electron chi connectivity index (χ1n) is 11.3. The molecule has 0 amide bonds. The fraction of sp³-hybridized carbons (Fsp3) is 0.172. The molecule has 4 aromatic rings. The Labute approximate surface area is 209 Å². The lowest BCUT2D eigenvalue weighted by Crippen LogP contribution is -2.15. The predicted octanol–water partition coefficient (Wildman–Crippen LogP) is 5.76. The van der Waals surface area contributed by atoms with Crippen molar-refractivity contribution in [3.05, 3.63) is 95.1 Å². The number of hydrogen-bond acceptors (Lipinski definition) is 7. The van der Waals surface area contributed by atoms with Gasteiger partial charge in [-0.25, -0.2) is 9.59 Å². The summed E-state index contributed by atoms with van der Waals surface area (Å²) in [5.74, 6) is 0.140. The van der Waals surface area contributed by atoms with Crippen molar-refractivity contribution in [2.24, 2.45) is 0 Å². The third-order valence-corrected chi connectivity index (χ3v) is 5.97. The van der Waals surface area contributed by atoms with E-state index in [1.165, 1.54) is 14.2 Å². The number of carbonyl (C=O) groups is 2. The number of ether oxygens (including phenoxy) is 4. The van der Waals surface area contributed by atoms with Gasteiger partial charge in [-0.3, -0.25) is 0 Å². The van der Waals surface area contributed by atoms with E-state index >= 15 is 0 Å². The van der Waals surface area contributed by atoms with E-state index in [9.17, 15) is 9.59 Å². The number of methoxy groups -OCH3 is 4. The molecule has 7 heteroatoms. The molecule has 0 atom stereocenters. The summed E-state index contributed by atoms with van der Waals surface area (Å²) in [5, 5.41) is 4.95. The van der Waals surface area contributed by atoms with E-state index in [2.05, 4.69) is 5.32 Å². The Bertz CT molecular complexity index is 1410. The minimum absolute atomic E-state index is 0.0984. The van der Waals surface area contributed by atoms with E-state index in [1.807, 2.05) is 66.7 Å². The molecule has 0 unspecified atom stereocenters. The molecule has 1 N–H and O–H groups in total. The highest BCUT2D eigenvalue weighted by molar-refractivity contribution is 6.15. The molecule has 0 fully saturated rings. The summed E-state index contributed by atoms with van der Waals surface area (Å²) in [7, 11) is 5.78. The van der Waals surface area contributed by atoms with E-state index in [0.29, 0.717) is 17.9 Å². The fourth-order valence-corrected chi connectivity index (χ4v) is 4.11. The summed E-state index contributed by atoms with van der Waals surface area (Å²) in [6, 6.07) is 22.7. The van der Waals surface area contributed by atoms with Crippen LogP contribution in [0.5, 0.6) is 11.5 Å². The zero-order chi connectivity index (χ0) is 25.7. The van der Waals surface area contributed by atoms with Gasteiger partial charge in [0.2, 0.25) is 0 Å². The molecule has 0 aliphatic rings. The molecule has 0 aromatic heterocycles. The Balaban J connectivity index is 1.89. The van der Waals surface area contributed by atoms with Gasteiger partial charge in [0.05, 0.1) is 45.3 Å². The van der Waals surface area contributed by atoms with Crippen molar-refractivity contribution in [1.82, 2.24) is 0 Å². The van der Waals surface area contributed by atoms with Crippen LogP contribution in [-0.2, 0) is 15.9 Å². The molecule has 36 heavy (non-hydrogen) atoms. The highest BCUT2D eigenvalue weighted by Crippen LogP contribution is 2.36. The van der Waals surface area contributed by atoms with Gasteiger partial charge in [0, 0.05) is 17.1 Å². The van der Waals surface area contributed by atoms with E-state index in [1.54, 1.807) is 20.3 Å². The van der Waals surface area contributed by atoms with Crippen LogP contribution >= 0.6 is 0 Å². The van der Waals surface area contributed by atoms with Crippen molar-refractivity contribution >= 4 is 34.1 Å². The number of fused-ring (bicyclic) bond motifs is 1. The molecule has 0 saturated heterocycles. The molecule has 0 spiro atoms. The van der Waals surface area contributed by atoms with Gasteiger partial charge in [0.25, 0.3) is 0 Å². The second-order valence-corrected chi connectivity index (χ2v) is 8.05. The SMILES string of the molecule is COC(=O)c1cc2ccccc2c(Nc2cc(OC)ccc2Cc2ccc(OC)cc2)c1C(=O)OC. The molecular weight excluding hydrogens is 458 g/mol. The van der Waals surface area contributed by atoms with E-state index in [-0.39, 0.29) is 11.1 Å². The molecular formula is C29H27NO6. The van der Waals surface area contributed by atoms with E-state index < -0.39 is 11.9 Å². The highest BCUT2D eigenvalue weighted by atomic mass is 16.5. The maximum Gasteiger partial charge on any atom is 0.340 e. The van der Waals surface area contributed by atoms with Crippen LogP contribution in [0.3, 0.4) is 0 Å². The van der Waals surface area contributed by atoms with Crippen molar-refractivity contribution in [1.29, 1.82) is 0 Å². The first-order valence-corrected chi connectivity index (χ1v) is 11.3. The monoisotopic (exact) mass is 485 g/mol. The summed E-state index contributed by atoms with van der Waals surface area (Å²) in [6.45, 7) is 0. The molecule has 0 bridgehead atoms. The third-order valence-electron chi connectivity index (χ3n) is 5.97. The average Bonchev–Trinajstić information content (AvgIpc) is 2.93. The lowest BCUT2D eigenvalue weighted by molar-refractivity contribution is 0.0556. The maximum atomic E-state index is 13.0. The average molecular weight is 486 g/mol. The van der Waals surface area contributed by atoms with Crippen LogP contribution in [0, 0.1) is 0 Å². The molecule has 0 radical (unpaired) electrons.